The number of hydrogen-bond acceptors (Lipinski definition) is 4. The van der Waals surface area contributed by atoms with E-state index in [1.807, 2.05) is 0 Å². The van der Waals surface area contributed by atoms with Crippen molar-refractivity contribution in [1.82, 2.24) is 9.47 Å². The van der Waals surface area contributed by atoms with Crippen LogP contribution in [0, 0.1) is 23.6 Å². The van der Waals surface area contributed by atoms with E-state index >= 15 is 0 Å². The van der Waals surface area contributed by atoms with Crippen LogP contribution < -0.4 is 16.2 Å². The summed E-state index contributed by atoms with van der Waals surface area (Å²) in [6, 6.07) is 15.1. The van der Waals surface area contributed by atoms with Crippen LogP contribution in [0.15, 0.2) is 71.7 Å². The number of hydrogen-bond donors (Lipinski definition) is 2. The van der Waals surface area contributed by atoms with Gasteiger partial charge in [-0.25, -0.2) is 4.39 Å². The van der Waals surface area contributed by atoms with Crippen LogP contribution in [-0.4, -0.2) is 40.3 Å². The van der Waals surface area contributed by atoms with Crippen LogP contribution in [0.3, 0.4) is 0 Å². The van der Waals surface area contributed by atoms with Crippen LogP contribution in [-0.2, 0) is 14.4 Å². The lowest BCUT2D eigenvalue weighted by Gasteiger charge is -2.20. The predicted molar refractivity (Wildman–Crippen MR) is 146 cm³/mol. The Balaban J connectivity index is 1.35. The first-order chi connectivity index (χ1) is 18.8. The highest BCUT2D eigenvalue weighted by molar-refractivity contribution is 6.30. The van der Waals surface area contributed by atoms with Crippen molar-refractivity contribution >= 4 is 40.7 Å². The van der Waals surface area contributed by atoms with Gasteiger partial charge in [-0.15, -0.1) is 0 Å². The summed E-state index contributed by atoms with van der Waals surface area (Å²) in [6.45, 7) is 1.17. The molecule has 0 radical (unpaired) electrons. The van der Waals surface area contributed by atoms with E-state index in [2.05, 4.69) is 10.6 Å². The second-order valence-corrected chi connectivity index (χ2v) is 10.3. The van der Waals surface area contributed by atoms with Gasteiger partial charge in [0.15, 0.2) is 0 Å². The van der Waals surface area contributed by atoms with Gasteiger partial charge in [-0.05, 0) is 55.3 Å². The van der Waals surface area contributed by atoms with Gasteiger partial charge in [-0.1, -0.05) is 30.5 Å². The molecule has 2 heterocycles. The summed E-state index contributed by atoms with van der Waals surface area (Å²) in [5, 5.41) is 5.83. The van der Waals surface area contributed by atoms with E-state index in [1.165, 1.54) is 29.0 Å². The van der Waals surface area contributed by atoms with E-state index in [9.17, 15) is 23.6 Å². The van der Waals surface area contributed by atoms with Crippen molar-refractivity contribution in [3.8, 4) is 5.69 Å². The molecule has 0 bridgehead atoms. The number of nitrogens with zero attached hydrogens (tertiary/aromatic N) is 2. The second kappa shape index (κ2) is 11.4. The number of carbonyl (C=O) groups excluding carboxylic acids is 3. The summed E-state index contributed by atoms with van der Waals surface area (Å²) in [5.41, 5.74) is 0.375. The zero-order chi connectivity index (χ0) is 27.5. The van der Waals surface area contributed by atoms with Crippen molar-refractivity contribution < 1.29 is 18.8 Å². The number of likely N-dealkylation sites (tertiary alicyclic amines) is 1. The van der Waals surface area contributed by atoms with Crippen LogP contribution in [0.4, 0.5) is 15.8 Å². The molecule has 3 amide bonds. The first-order valence-electron chi connectivity index (χ1n) is 13.0. The van der Waals surface area contributed by atoms with Crippen molar-refractivity contribution in [2.24, 2.45) is 17.8 Å². The average Bonchev–Trinajstić information content (AvgIpc) is 3.72. The Morgan fingerprint density at radius 2 is 1.49 bits per heavy atom. The van der Waals surface area contributed by atoms with Crippen LogP contribution in [0.1, 0.15) is 25.7 Å². The molecular formula is C29H28ClFN4O4. The van der Waals surface area contributed by atoms with Crippen LogP contribution in [0.25, 0.3) is 5.69 Å². The molecule has 1 aromatic heterocycles. The molecule has 5 rings (SSSR count). The third-order valence-electron chi connectivity index (χ3n) is 7.25. The van der Waals surface area contributed by atoms with Crippen molar-refractivity contribution in [2.45, 2.75) is 25.7 Å². The summed E-state index contributed by atoms with van der Waals surface area (Å²) in [7, 11) is 0. The quantitative estimate of drug-likeness (QED) is 0.473. The van der Waals surface area contributed by atoms with Gasteiger partial charge in [0.25, 0.3) is 5.56 Å². The molecule has 39 heavy (non-hydrogen) atoms. The molecule has 10 heteroatoms. The van der Waals surface area contributed by atoms with E-state index in [-0.39, 0.29) is 17.2 Å². The lowest BCUT2D eigenvalue weighted by molar-refractivity contribution is -0.134. The number of nitrogens with one attached hydrogen (secondary N) is 2. The number of carbonyl (C=O) groups is 3. The summed E-state index contributed by atoms with van der Waals surface area (Å²) in [6.07, 6.45) is 5.33. The minimum absolute atomic E-state index is 0.0996. The summed E-state index contributed by atoms with van der Waals surface area (Å²) in [4.78, 5) is 53.8. The van der Waals surface area contributed by atoms with Gasteiger partial charge in [0, 0.05) is 42.1 Å². The fourth-order valence-corrected chi connectivity index (χ4v) is 5.27. The van der Waals surface area contributed by atoms with Crippen LogP contribution in [0.5, 0.6) is 0 Å². The molecule has 202 valence electrons. The molecule has 0 unspecified atom stereocenters. The number of pyridine rings is 1. The smallest absolute Gasteiger partial charge is 0.255 e. The SMILES string of the molecule is O=C(Nc1ccc(Cl)cc1)[C@@H]1[C@H](C(=O)Nc2ccc(-n3ccccc3=O)cc2F)[C@H]1C(=O)N1CCCCCC1. The maximum absolute atomic E-state index is 15.0. The van der Waals surface area contributed by atoms with Crippen molar-refractivity contribution in [2.75, 3.05) is 23.7 Å². The van der Waals surface area contributed by atoms with Crippen molar-refractivity contribution in [3.05, 3.63) is 88.1 Å². The molecule has 8 nitrogen and oxygen atoms in total. The van der Waals surface area contributed by atoms with Gasteiger partial charge in [0.1, 0.15) is 5.82 Å². The van der Waals surface area contributed by atoms with Gasteiger partial charge in [0.05, 0.1) is 29.1 Å². The normalized spacial score (nSPS) is 20.6. The molecular weight excluding hydrogens is 523 g/mol. The van der Waals surface area contributed by atoms with Crippen molar-refractivity contribution in [3.63, 3.8) is 0 Å². The third kappa shape index (κ3) is 5.88. The Labute approximate surface area is 229 Å². The highest BCUT2D eigenvalue weighted by atomic mass is 35.5. The third-order valence-corrected chi connectivity index (χ3v) is 7.50. The predicted octanol–water partition coefficient (Wildman–Crippen LogP) is 4.47. The summed E-state index contributed by atoms with van der Waals surface area (Å²) >= 11 is 5.93. The summed E-state index contributed by atoms with van der Waals surface area (Å²) < 4.78 is 16.3. The molecule has 0 spiro atoms. The maximum Gasteiger partial charge on any atom is 0.255 e. The number of rotatable bonds is 6. The molecule has 2 fully saturated rings. The Hall–Kier alpha value is -3.98. The van der Waals surface area contributed by atoms with Crippen LogP contribution >= 0.6 is 11.6 Å². The number of aromatic nitrogens is 1. The topological polar surface area (TPSA) is 101 Å². The molecule has 2 aliphatic rings. The Bertz CT molecular complexity index is 1450. The van der Waals surface area contributed by atoms with Crippen molar-refractivity contribution in [1.29, 1.82) is 0 Å². The molecule has 1 saturated carbocycles. The number of halogens is 2. The lowest BCUT2D eigenvalue weighted by Crippen LogP contribution is -2.35. The van der Waals surface area contributed by atoms with E-state index < -0.39 is 35.4 Å². The second-order valence-electron chi connectivity index (χ2n) is 9.88. The molecule has 3 atom stereocenters. The number of benzene rings is 2. The molecule has 2 aromatic carbocycles. The summed E-state index contributed by atoms with van der Waals surface area (Å²) in [5.74, 6) is -4.69. The van der Waals surface area contributed by atoms with Crippen LogP contribution in [0.2, 0.25) is 5.02 Å². The number of anilines is 2. The maximum atomic E-state index is 15.0. The van der Waals surface area contributed by atoms with Gasteiger partial charge in [-0.3, -0.25) is 23.7 Å². The minimum atomic E-state index is -0.941. The standard InChI is InChI=1S/C29H28ClFN4O4/c30-18-8-10-19(11-9-18)32-27(37)24-25(26(24)29(39)34-14-4-1-2-5-15-34)28(38)33-22-13-12-20(17-21(22)31)35-16-6-3-7-23(35)36/h3,6-13,16-17,24-26H,1-2,4-5,14-15H2,(H,32,37)(H,33,38)/t24-,25+,26+/m1/s1. The highest BCUT2D eigenvalue weighted by Crippen LogP contribution is 2.49. The van der Waals surface area contributed by atoms with Gasteiger partial charge in [-0.2, -0.15) is 0 Å². The van der Waals surface area contributed by atoms with E-state index in [1.54, 1.807) is 41.3 Å². The molecule has 2 N–H and O–H groups in total. The molecule has 1 saturated heterocycles. The Morgan fingerprint density at radius 3 is 2.13 bits per heavy atom. The zero-order valence-corrected chi connectivity index (χ0v) is 21.9. The van der Waals surface area contributed by atoms with E-state index in [0.717, 1.165) is 31.7 Å². The first-order valence-corrected chi connectivity index (χ1v) is 13.3. The lowest BCUT2D eigenvalue weighted by atomic mass is 10.2. The monoisotopic (exact) mass is 550 g/mol. The Morgan fingerprint density at radius 1 is 0.821 bits per heavy atom. The molecule has 3 aromatic rings. The van der Waals surface area contributed by atoms with Gasteiger partial charge >= 0.3 is 0 Å². The zero-order valence-electron chi connectivity index (χ0n) is 21.1. The average molecular weight is 551 g/mol. The highest BCUT2D eigenvalue weighted by Gasteiger charge is 2.63. The van der Waals surface area contributed by atoms with Gasteiger partial charge in [0.2, 0.25) is 17.7 Å². The minimum Gasteiger partial charge on any atom is -0.342 e. The van der Waals surface area contributed by atoms with E-state index in [4.69, 9.17) is 11.6 Å². The Kier molecular flexibility index (Phi) is 7.79. The first kappa shape index (κ1) is 26.6. The number of amides is 3. The fraction of sp³-hybridized carbons (Fsp3) is 0.310. The van der Waals surface area contributed by atoms with Gasteiger partial charge < -0.3 is 15.5 Å². The van der Waals surface area contributed by atoms with E-state index in [0.29, 0.717) is 29.5 Å². The fourth-order valence-electron chi connectivity index (χ4n) is 5.14. The molecule has 1 aliphatic carbocycles. The molecule has 1 aliphatic heterocycles. The largest absolute Gasteiger partial charge is 0.342 e.